The van der Waals surface area contributed by atoms with Crippen LogP contribution in [0.3, 0.4) is 0 Å². The molecule has 0 unspecified atom stereocenters. The standard InChI is InChI=1S/C30H34N2O6/c1-5-7-8-9-17-37-25-13-10-22(19-27(25)35-3)12-15-29(33)38-26-14-11-23(20-28(26)36-4)18-24(21-31)30(34)32-16-6-2/h6,10-15,18-20H,2,5,7-9,16-17H2,1,3-4H3,(H,32,34)/b15-12+,24-18+. The third-order valence-electron chi connectivity index (χ3n) is 5.34. The summed E-state index contributed by atoms with van der Waals surface area (Å²) in [7, 11) is 3.00. The first-order valence-corrected chi connectivity index (χ1v) is 12.3. The van der Waals surface area contributed by atoms with E-state index in [9.17, 15) is 14.9 Å². The molecule has 1 N–H and O–H groups in total. The molecule has 8 nitrogen and oxygen atoms in total. The topological polar surface area (TPSA) is 107 Å². The zero-order valence-corrected chi connectivity index (χ0v) is 22.1. The fourth-order valence-corrected chi connectivity index (χ4v) is 3.36. The highest BCUT2D eigenvalue weighted by Crippen LogP contribution is 2.30. The summed E-state index contributed by atoms with van der Waals surface area (Å²) in [5.41, 5.74) is 1.19. The van der Waals surface area contributed by atoms with Crippen LogP contribution in [0, 0.1) is 11.3 Å². The van der Waals surface area contributed by atoms with Crippen LogP contribution in [0.1, 0.15) is 43.7 Å². The molecule has 200 valence electrons. The number of carbonyl (C=O) groups is 2. The van der Waals surface area contributed by atoms with Crippen LogP contribution >= 0.6 is 0 Å². The van der Waals surface area contributed by atoms with Crippen LogP contribution in [0.5, 0.6) is 23.0 Å². The van der Waals surface area contributed by atoms with Crippen molar-refractivity contribution in [1.82, 2.24) is 5.32 Å². The van der Waals surface area contributed by atoms with Gasteiger partial charge in [0.15, 0.2) is 23.0 Å². The molecule has 0 saturated carbocycles. The van der Waals surface area contributed by atoms with E-state index >= 15 is 0 Å². The molecular weight excluding hydrogens is 484 g/mol. The normalized spacial score (nSPS) is 10.9. The van der Waals surface area contributed by atoms with Gasteiger partial charge in [-0.05, 0) is 54.0 Å². The molecule has 2 aromatic rings. The Morgan fingerprint density at radius 3 is 2.34 bits per heavy atom. The summed E-state index contributed by atoms with van der Waals surface area (Å²) < 4.78 is 22.0. The fraction of sp³-hybridized carbons (Fsp3) is 0.300. The van der Waals surface area contributed by atoms with Crippen LogP contribution in [-0.4, -0.2) is 39.2 Å². The molecule has 0 atom stereocenters. The zero-order valence-electron chi connectivity index (χ0n) is 22.1. The van der Waals surface area contributed by atoms with Crippen molar-refractivity contribution in [2.24, 2.45) is 0 Å². The quantitative estimate of drug-likeness (QED) is 0.0829. The van der Waals surface area contributed by atoms with Crippen molar-refractivity contribution in [1.29, 1.82) is 5.26 Å². The average Bonchev–Trinajstić information content (AvgIpc) is 2.94. The van der Waals surface area contributed by atoms with E-state index in [-0.39, 0.29) is 23.6 Å². The van der Waals surface area contributed by atoms with Crippen molar-refractivity contribution >= 4 is 24.0 Å². The molecule has 0 aliphatic rings. The number of hydrogen-bond acceptors (Lipinski definition) is 7. The maximum absolute atomic E-state index is 12.5. The first-order chi connectivity index (χ1) is 18.4. The Hall–Kier alpha value is -4.51. The molecule has 0 fully saturated rings. The number of unbranched alkanes of at least 4 members (excludes halogenated alkanes) is 3. The second kappa shape index (κ2) is 16.3. The monoisotopic (exact) mass is 518 g/mol. The van der Waals surface area contributed by atoms with Gasteiger partial charge in [0.05, 0.1) is 20.8 Å². The maximum Gasteiger partial charge on any atom is 0.336 e. The molecule has 0 spiro atoms. The Bertz CT molecular complexity index is 1210. The van der Waals surface area contributed by atoms with E-state index in [0.29, 0.717) is 23.7 Å². The highest BCUT2D eigenvalue weighted by Gasteiger charge is 2.12. The molecular formula is C30H34N2O6. The third kappa shape index (κ3) is 9.51. The summed E-state index contributed by atoms with van der Waals surface area (Å²) in [6, 6.07) is 12.0. The van der Waals surface area contributed by atoms with E-state index in [1.54, 1.807) is 31.4 Å². The first kappa shape index (κ1) is 29.7. The number of nitrogens with zero attached hydrogens (tertiary/aromatic N) is 1. The van der Waals surface area contributed by atoms with Crippen molar-refractivity contribution in [2.75, 3.05) is 27.4 Å². The van der Waals surface area contributed by atoms with Crippen molar-refractivity contribution in [3.8, 4) is 29.1 Å². The molecule has 0 aliphatic carbocycles. The number of carbonyl (C=O) groups excluding carboxylic acids is 2. The number of nitriles is 1. The van der Waals surface area contributed by atoms with Gasteiger partial charge in [-0.15, -0.1) is 6.58 Å². The fourth-order valence-electron chi connectivity index (χ4n) is 3.36. The Morgan fingerprint density at radius 1 is 0.974 bits per heavy atom. The highest BCUT2D eigenvalue weighted by atomic mass is 16.6. The van der Waals surface area contributed by atoms with E-state index in [2.05, 4.69) is 18.8 Å². The van der Waals surface area contributed by atoms with Crippen molar-refractivity contribution < 1.29 is 28.5 Å². The van der Waals surface area contributed by atoms with Gasteiger partial charge in [-0.2, -0.15) is 5.26 Å². The number of benzene rings is 2. The lowest BCUT2D eigenvalue weighted by Gasteiger charge is -2.11. The Labute approximate surface area is 224 Å². The molecule has 0 aromatic heterocycles. The number of rotatable bonds is 15. The van der Waals surface area contributed by atoms with E-state index < -0.39 is 11.9 Å². The summed E-state index contributed by atoms with van der Waals surface area (Å²) in [6.07, 6.45) is 10.3. The molecule has 8 heteroatoms. The first-order valence-electron chi connectivity index (χ1n) is 12.3. The number of methoxy groups -OCH3 is 2. The minimum atomic E-state index is -0.608. The number of ether oxygens (including phenoxy) is 4. The number of hydrogen-bond donors (Lipinski definition) is 1. The molecule has 0 aliphatic heterocycles. The van der Waals surface area contributed by atoms with E-state index in [1.807, 2.05) is 18.2 Å². The number of amides is 1. The van der Waals surface area contributed by atoms with Gasteiger partial charge in [0.2, 0.25) is 0 Å². The van der Waals surface area contributed by atoms with Gasteiger partial charge < -0.3 is 24.3 Å². The van der Waals surface area contributed by atoms with Gasteiger partial charge >= 0.3 is 5.97 Å². The lowest BCUT2D eigenvalue weighted by Crippen LogP contribution is -2.24. The summed E-state index contributed by atoms with van der Waals surface area (Å²) >= 11 is 0. The van der Waals surface area contributed by atoms with Crippen molar-refractivity contribution in [2.45, 2.75) is 32.6 Å². The highest BCUT2D eigenvalue weighted by molar-refractivity contribution is 6.01. The minimum Gasteiger partial charge on any atom is -0.493 e. The Balaban J connectivity index is 2.07. The summed E-state index contributed by atoms with van der Waals surface area (Å²) in [5.74, 6) is 0.569. The van der Waals surface area contributed by atoms with Gasteiger partial charge in [0.1, 0.15) is 11.6 Å². The van der Waals surface area contributed by atoms with Gasteiger partial charge in [0.25, 0.3) is 5.91 Å². The van der Waals surface area contributed by atoms with E-state index in [4.69, 9.17) is 18.9 Å². The summed E-state index contributed by atoms with van der Waals surface area (Å²) in [4.78, 5) is 24.5. The molecule has 38 heavy (non-hydrogen) atoms. The summed E-state index contributed by atoms with van der Waals surface area (Å²) in [5, 5.41) is 11.8. The van der Waals surface area contributed by atoms with Gasteiger partial charge in [-0.1, -0.05) is 44.4 Å². The van der Waals surface area contributed by atoms with Crippen LogP contribution < -0.4 is 24.3 Å². The van der Waals surface area contributed by atoms with Crippen LogP contribution in [0.2, 0.25) is 0 Å². The van der Waals surface area contributed by atoms with Crippen LogP contribution in [0.25, 0.3) is 12.2 Å². The van der Waals surface area contributed by atoms with Gasteiger partial charge in [-0.3, -0.25) is 4.79 Å². The zero-order chi connectivity index (χ0) is 27.8. The molecule has 2 rings (SSSR count). The summed E-state index contributed by atoms with van der Waals surface area (Å²) in [6.45, 7) is 6.55. The largest absolute Gasteiger partial charge is 0.493 e. The van der Waals surface area contributed by atoms with E-state index in [1.165, 1.54) is 44.2 Å². The number of nitrogens with one attached hydrogen (secondary N) is 1. The lowest BCUT2D eigenvalue weighted by molar-refractivity contribution is -0.129. The maximum atomic E-state index is 12.5. The van der Waals surface area contributed by atoms with Gasteiger partial charge in [-0.25, -0.2) is 4.79 Å². The second-order valence-electron chi connectivity index (χ2n) is 8.15. The second-order valence-corrected chi connectivity index (χ2v) is 8.15. The minimum absolute atomic E-state index is 0.0788. The van der Waals surface area contributed by atoms with Crippen molar-refractivity contribution in [3.63, 3.8) is 0 Å². The predicted octanol–water partition coefficient (Wildman–Crippen LogP) is 5.49. The predicted molar refractivity (Wildman–Crippen MR) is 147 cm³/mol. The van der Waals surface area contributed by atoms with Crippen LogP contribution in [-0.2, 0) is 9.59 Å². The van der Waals surface area contributed by atoms with Crippen molar-refractivity contribution in [3.05, 3.63) is 71.8 Å². The molecule has 1 amide bonds. The Morgan fingerprint density at radius 2 is 1.66 bits per heavy atom. The lowest BCUT2D eigenvalue weighted by atomic mass is 10.1. The molecule has 0 radical (unpaired) electrons. The molecule has 0 bridgehead atoms. The Kier molecular flexibility index (Phi) is 12.7. The van der Waals surface area contributed by atoms with Crippen LogP contribution in [0.15, 0.2) is 60.7 Å². The SMILES string of the molecule is C=CCNC(=O)/C(C#N)=C/c1ccc(OC(=O)/C=C/c2ccc(OCCCCCC)c(OC)c2)c(OC)c1. The van der Waals surface area contributed by atoms with Gasteiger partial charge in [0, 0.05) is 12.6 Å². The molecule has 0 saturated heterocycles. The number of esters is 1. The third-order valence-corrected chi connectivity index (χ3v) is 5.34. The average molecular weight is 519 g/mol. The molecule has 0 heterocycles. The smallest absolute Gasteiger partial charge is 0.336 e. The molecule has 2 aromatic carbocycles. The van der Waals surface area contributed by atoms with E-state index in [0.717, 1.165) is 18.4 Å². The van der Waals surface area contributed by atoms with Crippen LogP contribution in [0.4, 0.5) is 0 Å².